The lowest BCUT2D eigenvalue weighted by Crippen LogP contribution is -2.20. The number of hydrogen-bond acceptors (Lipinski definition) is 3. The molecule has 0 saturated heterocycles. The molecule has 3 aromatic carbocycles. The normalized spacial score (nSPS) is 11.0. The molecule has 0 unspecified atom stereocenters. The zero-order valence-corrected chi connectivity index (χ0v) is 18.3. The van der Waals surface area contributed by atoms with Crippen LogP contribution in [0.1, 0.15) is 35.7 Å². The molecule has 0 fully saturated rings. The van der Waals surface area contributed by atoms with Crippen molar-refractivity contribution in [3.8, 4) is 11.1 Å². The molecule has 0 aliphatic rings. The van der Waals surface area contributed by atoms with Crippen molar-refractivity contribution < 1.29 is 14.3 Å². The monoisotopic (exact) mass is 444 g/mol. The molecule has 0 saturated carbocycles. The van der Waals surface area contributed by atoms with Gasteiger partial charge in [0.1, 0.15) is 11.4 Å². The molecule has 168 valence electrons. The minimum atomic E-state index is -1.33. The molecule has 0 aliphatic carbocycles. The number of carboxylic acid groups (broad SMARTS) is 1. The third kappa shape index (κ3) is 4.80. The van der Waals surface area contributed by atoms with Crippen LogP contribution in [0.5, 0.6) is 0 Å². The molecule has 2 N–H and O–H groups in total. The Morgan fingerprint density at radius 3 is 2.39 bits per heavy atom. The Morgan fingerprint density at radius 2 is 1.73 bits per heavy atom. The molecule has 0 amide bonds. The molecule has 0 radical (unpaired) electrons. The van der Waals surface area contributed by atoms with E-state index in [1.807, 2.05) is 61.5 Å². The quantitative estimate of drug-likeness (QED) is 0.339. The largest absolute Gasteiger partial charge is 0.477 e. The second kappa shape index (κ2) is 9.69. The van der Waals surface area contributed by atoms with Crippen LogP contribution in [0.3, 0.4) is 0 Å². The van der Waals surface area contributed by atoms with Crippen LogP contribution in [0, 0.1) is 5.82 Å². The minimum Gasteiger partial charge on any atom is -0.477 e. The average molecular weight is 445 g/mol. The smallest absolute Gasteiger partial charge is 0.341 e. The molecule has 1 aromatic heterocycles. The fraction of sp³-hybridized carbons (Fsp3) is 0.185. The Labute approximate surface area is 191 Å². The third-order valence-corrected chi connectivity index (χ3v) is 5.66. The van der Waals surface area contributed by atoms with Gasteiger partial charge in [0.2, 0.25) is 5.43 Å². The number of fused-ring (bicyclic) bond motifs is 1. The summed E-state index contributed by atoms with van der Waals surface area (Å²) in [6.07, 6.45) is 3.19. The van der Waals surface area contributed by atoms with Crippen LogP contribution >= 0.6 is 0 Å². The van der Waals surface area contributed by atoms with Gasteiger partial charge in [-0.1, -0.05) is 67.9 Å². The Hall–Kier alpha value is -3.93. The summed E-state index contributed by atoms with van der Waals surface area (Å²) in [5, 5.41) is 12.6. The van der Waals surface area contributed by atoms with Crippen LogP contribution in [0.2, 0.25) is 0 Å². The molecule has 0 spiro atoms. The Balaban J connectivity index is 1.76. The summed E-state index contributed by atoms with van der Waals surface area (Å²) in [6.45, 7) is 3.00. The first kappa shape index (κ1) is 22.3. The maximum absolute atomic E-state index is 14.7. The lowest BCUT2D eigenvalue weighted by atomic mass is 10.0. The molecule has 0 aliphatic heterocycles. The van der Waals surface area contributed by atoms with E-state index < -0.39 is 17.2 Å². The van der Waals surface area contributed by atoms with Gasteiger partial charge in [-0.3, -0.25) is 4.79 Å². The first-order valence-corrected chi connectivity index (χ1v) is 11.0. The van der Waals surface area contributed by atoms with Crippen molar-refractivity contribution in [1.29, 1.82) is 0 Å². The van der Waals surface area contributed by atoms with Crippen molar-refractivity contribution in [2.24, 2.45) is 0 Å². The molecular weight excluding hydrogens is 419 g/mol. The van der Waals surface area contributed by atoms with Gasteiger partial charge in [0.05, 0.1) is 11.2 Å². The lowest BCUT2D eigenvalue weighted by Gasteiger charge is -2.15. The minimum absolute atomic E-state index is 0.0503. The first-order valence-electron chi connectivity index (χ1n) is 11.0. The summed E-state index contributed by atoms with van der Waals surface area (Å²) in [6, 6.07) is 20.7. The van der Waals surface area contributed by atoms with Gasteiger partial charge < -0.3 is 15.0 Å². The molecular formula is C27H25FN2O3. The summed E-state index contributed by atoms with van der Waals surface area (Å²) >= 11 is 0. The SMILES string of the molecule is CCCCNc1cc2c(cc1F)c(=O)c(C(=O)O)cn2Cc1ccc(-c2ccccc2)cc1. The van der Waals surface area contributed by atoms with E-state index in [4.69, 9.17) is 0 Å². The number of nitrogens with one attached hydrogen (secondary N) is 1. The van der Waals surface area contributed by atoms with Crippen molar-refractivity contribution in [2.45, 2.75) is 26.3 Å². The van der Waals surface area contributed by atoms with Gasteiger partial charge in [0.15, 0.2) is 0 Å². The number of carboxylic acids is 1. The number of pyridine rings is 1. The van der Waals surface area contributed by atoms with E-state index >= 15 is 0 Å². The van der Waals surface area contributed by atoms with Crippen molar-refractivity contribution in [1.82, 2.24) is 4.57 Å². The highest BCUT2D eigenvalue weighted by Gasteiger charge is 2.17. The number of unbranched alkanes of at least 4 members (excludes halogenated alkanes) is 1. The van der Waals surface area contributed by atoms with Crippen LogP contribution < -0.4 is 10.7 Å². The van der Waals surface area contributed by atoms with Crippen LogP contribution in [0.15, 0.2) is 77.7 Å². The zero-order valence-electron chi connectivity index (χ0n) is 18.3. The number of aromatic nitrogens is 1. The second-order valence-electron chi connectivity index (χ2n) is 8.00. The fourth-order valence-electron chi connectivity index (χ4n) is 3.86. The number of rotatable bonds is 8. The van der Waals surface area contributed by atoms with E-state index in [1.54, 1.807) is 10.6 Å². The molecule has 33 heavy (non-hydrogen) atoms. The fourth-order valence-corrected chi connectivity index (χ4v) is 3.86. The van der Waals surface area contributed by atoms with Gasteiger partial charge in [-0.05, 0) is 35.2 Å². The lowest BCUT2D eigenvalue weighted by molar-refractivity contribution is 0.0695. The van der Waals surface area contributed by atoms with Gasteiger partial charge in [-0.2, -0.15) is 0 Å². The Kier molecular flexibility index (Phi) is 6.54. The molecule has 6 heteroatoms. The van der Waals surface area contributed by atoms with Crippen LogP contribution in [-0.2, 0) is 6.54 Å². The second-order valence-corrected chi connectivity index (χ2v) is 8.00. The summed E-state index contributed by atoms with van der Waals surface area (Å²) in [7, 11) is 0. The number of nitrogens with zero attached hydrogens (tertiary/aromatic N) is 1. The van der Waals surface area contributed by atoms with Gasteiger partial charge in [-0.15, -0.1) is 0 Å². The number of aromatic carboxylic acids is 1. The van der Waals surface area contributed by atoms with Crippen molar-refractivity contribution in [2.75, 3.05) is 11.9 Å². The van der Waals surface area contributed by atoms with E-state index in [1.165, 1.54) is 6.20 Å². The van der Waals surface area contributed by atoms with E-state index in [2.05, 4.69) is 5.32 Å². The number of carbonyl (C=O) groups is 1. The van der Waals surface area contributed by atoms with Gasteiger partial charge >= 0.3 is 5.97 Å². The predicted octanol–water partition coefficient (Wildman–Crippen LogP) is 5.77. The van der Waals surface area contributed by atoms with E-state index in [0.29, 0.717) is 24.3 Å². The number of hydrogen-bond donors (Lipinski definition) is 2. The van der Waals surface area contributed by atoms with Crippen molar-refractivity contribution in [3.05, 3.63) is 100 Å². The summed E-state index contributed by atoms with van der Waals surface area (Å²) in [5.41, 5.74) is 2.82. The van der Waals surface area contributed by atoms with Crippen LogP contribution in [-0.4, -0.2) is 22.2 Å². The zero-order chi connectivity index (χ0) is 23.4. The summed E-state index contributed by atoms with van der Waals surface area (Å²) < 4.78 is 16.4. The molecule has 4 rings (SSSR count). The van der Waals surface area contributed by atoms with Gasteiger partial charge in [0, 0.05) is 24.7 Å². The van der Waals surface area contributed by atoms with E-state index in [-0.39, 0.29) is 10.9 Å². The highest BCUT2D eigenvalue weighted by atomic mass is 19.1. The van der Waals surface area contributed by atoms with Crippen molar-refractivity contribution in [3.63, 3.8) is 0 Å². The van der Waals surface area contributed by atoms with Crippen LogP contribution in [0.4, 0.5) is 10.1 Å². The molecule has 0 atom stereocenters. The number of anilines is 1. The Morgan fingerprint density at radius 1 is 1.03 bits per heavy atom. The van der Waals surface area contributed by atoms with Gasteiger partial charge in [-0.25, -0.2) is 9.18 Å². The molecule has 1 heterocycles. The summed E-state index contributed by atoms with van der Waals surface area (Å²) in [5.74, 6) is -1.90. The van der Waals surface area contributed by atoms with E-state index in [0.717, 1.165) is 35.6 Å². The topological polar surface area (TPSA) is 71.3 Å². The molecule has 4 aromatic rings. The third-order valence-electron chi connectivity index (χ3n) is 5.66. The maximum Gasteiger partial charge on any atom is 0.341 e. The molecule has 0 bridgehead atoms. The highest BCUT2D eigenvalue weighted by molar-refractivity contribution is 5.93. The predicted molar refractivity (Wildman–Crippen MR) is 130 cm³/mol. The Bertz CT molecular complexity index is 1350. The first-order chi connectivity index (χ1) is 16.0. The summed E-state index contributed by atoms with van der Waals surface area (Å²) in [4.78, 5) is 24.4. The van der Waals surface area contributed by atoms with Gasteiger partial charge in [0.25, 0.3) is 0 Å². The average Bonchev–Trinajstić information content (AvgIpc) is 2.82. The van der Waals surface area contributed by atoms with Crippen molar-refractivity contribution >= 4 is 22.6 Å². The number of halogens is 1. The highest BCUT2D eigenvalue weighted by Crippen LogP contribution is 2.24. The standard InChI is InChI=1S/C27H25FN2O3/c1-2-3-13-29-24-15-25-21(14-23(24)28)26(31)22(27(32)33)17-30(25)16-18-9-11-20(12-10-18)19-7-5-4-6-8-19/h4-12,14-15,17,29H,2-3,13,16H2,1H3,(H,32,33). The number of benzene rings is 3. The van der Waals surface area contributed by atoms with Crippen LogP contribution in [0.25, 0.3) is 22.0 Å². The maximum atomic E-state index is 14.7. The molecule has 5 nitrogen and oxygen atoms in total. The van der Waals surface area contributed by atoms with E-state index in [9.17, 15) is 19.1 Å².